The number of halogens is 1. The summed E-state index contributed by atoms with van der Waals surface area (Å²) in [5, 5.41) is 18.4. The molecule has 1 aromatic carbocycles. The van der Waals surface area contributed by atoms with E-state index in [9.17, 15) is 5.26 Å². The Morgan fingerprint density at radius 3 is 2.96 bits per heavy atom. The minimum absolute atomic E-state index is 0.319. The molecule has 1 unspecified atom stereocenters. The number of benzene rings is 1. The number of nitriles is 1. The predicted octanol–water partition coefficient (Wildman–Crippen LogP) is 3.77. The van der Waals surface area contributed by atoms with Gasteiger partial charge in [-0.15, -0.1) is 10.2 Å². The number of piperidine rings is 1. The molecule has 5 nitrogen and oxygen atoms in total. The first-order valence-corrected chi connectivity index (χ1v) is 8.32. The molecule has 1 aliphatic heterocycles. The van der Waals surface area contributed by atoms with E-state index in [4.69, 9.17) is 11.6 Å². The number of rotatable bonds is 3. The van der Waals surface area contributed by atoms with E-state index in [0.29, 0.717) is 22.5 Å². The van der Waals surface area contributed by atoms with Crippen LogP contribution in [0.3, 0.4) is 0 Å². The lowest BCUT2D eigenvalue weighted by atomic mass is 9.95. The lowest BCUT2D eigenvalue weighted by molar-refractivity contribution is 0.454. The smallest absolute Gasteiger partial charge is 0.137 e. The van der Waals surface area contributed by atoms with Crippen molar-refractivity contribution in [2.75, 3.05) is 18.0 Å². The number of aromatic nitrogens is 3. The van der Waals surface area contributed by atoms with Gasteiger partial charge >= 0.3 is 0 Å². The Balaban J connectivity index is 1.88. The fourth-order valence-corrected chi connectivity index (χ4v) is 3.38. The van der Waals surface area contributed by atoms with Crippen LogP contribution in [-0.4, -0.2) is 27.9 Å². The highest BCUT2D eigenvalue weighted by atomic mass is 35.5. The van der Waals surface area contributed by atoms with Gasteiger partial charge in [0.15, 0.2) is 0 Å². The molecule has 0 aliphatic carbocycles. The lowest BCUT2D eigenvalue weighted by Gasteiger charge is -2.34. The van der Waals surface area contributed by atoms with Crippen molar-refractivity contribution in [1.82, 2.24) is 14.8 Å². The summed E-state index contributed by atoms with van der Waals surface area (Å²) in [6, 6.07) is 8.05. The summed E-state index contributed by atoms with van der Waals surface area (Å²) in [5.41, 5.74) is 1.58. The first-order chi connectivity index (χ1) is 11.1. The molecule has 2 heterocycles. The lowest BCUT2D eigenvalue weighted by Crippen LogP contribution is -2.36. The Kier molecular flexibility index (Phi) is 4.53. The molecule has 1 atom stereocenters. The Labute approximate surface area is 141 Å². The Morgan fingerprint density at radius 1 is 1.39 bits per heavy atom. The van der Waals surface area contributed by atoms with Crippen molar-refractivity contribution in [2.24, 2.45) is 0 Å². The summed E-state index contributed by atoms with van der Waals surface area (Å²) >= 11 is 6.13. The second-order valence-corrected chi connectivity index (χ2v) is 6.69. The topological polar surface area (TPSA) is 57.7 Å². The van der Waals surface area contributed by atoms with Crippen LogP contribution in [0.2, 0.25) is 5.02 Å². The monoisotopic (exact) mass is 329 g/mol. The van der Waals surface area contributed by atoms with E-state index in [1.807, 2.05) is 6.07 Å². The van der Waals surface area contributed by atoms with Crippen LogP contribution < -0.4 is 4.90 Å². The summed E-state index contributed by atoms with van der Waals surface area (Å²) in [6.07, 6.45) is 3.95. The van der Waals surface area contributed by atoms with Gasteiger partial charge < -0.3 is 9.47 Å². The van der Waals surface area contributed by atoms with Gasteiger partial charge in [-0.2, -0.15) is 5.26 Å². The largest absolute Gasteiger partial charge is 0.370 e. The number of hydrogen-bond acceptors (Lipinski definition) is 4. The molecule has 0 amide bonds. The molecule has 120 valence electrons. The van der Waals surface area contributed by atoms with Crippen molar-refractivity contribution in [1.29, 1.82) is 5.26 Å². The maximum Gasteiger partial charge on any atom is 0.137 e. The van der Waals surface area contributed by atoms with Crippen LogP contribution in [0.15, 0.2) is 24.5 Å². The number of hydrogen-bond donors (Lipinski definition) is 0. The van der Waals surface area contributed by atoms with E-state index in [1.165, 1.54) is 0 Å². The second-order valence-electron chi connectivity index (χ2n) is 6.25. The van der Waals surface area contributed by atoms with Crippen LogP contribution in [0.25, 0.3) is 0 Å². The molecule has 0 bridgehead atoms. The third-order valence-corrected chi connectivity index (χ3v) is 4.60. The first-order valence-electron chi connectivity index (χ1n) is 7.94. The van der Waals surface area contributed by atoms with Gasteiger partial charge in [-0.05, 0) is 44.9 Å². The van der Waals surface area contributed by atoms with Gasteiger partial charge in [0.25, 0.3) is 0 Å². The minimum Gasteiger partial charge on any atom is -0.370 e. The Bertz CT molecular complexity index is 731. The molecule has 2 aromatic rings. The third kappa shape index (κ3) is 3.18. The molecule has 6 heteroatoms. The molecule has 1 aliphatic rings. The number of anilines is 1. The average molecular weight is 330 g/mol. The fraction of sp³-hybridized carbons (Fsp3) is 0.471. The van der Waals surface area contributed by atoms with Crippen LogP contribution >= 0.6 is 11.6 Å². The summed E-state index contributed by atoms with van der Waals surface area (Å²) in [4.78, 5) is 2.25. The first kappa shape index (κ1) is 15.8. The van der Waals surface area contributed by atoms with Crippen LogP contribution in [0.4, 0.5) is 5.69 Å². The predicted molar refractivity (Wildman–Crippen MR) is 90.8 cm³/mol. The highest BCUT2D eigenvalue weighted by Crippen LogP contribution is 2.32. The minimum atomic E-state index is 0.319. The van der Waals surface area contributed by atoms with Crippen LogP contribution in [0, 0.1) is 11.3 Å². The van der Waals surface area contributed by atoms with Crippen LogP contribution in [-0.2, 0) is 0 Å². The standard InChI is InChI=1S/C17H20ClN5/c1-12(2)23-11-20-21-17(23)14-4-3-7-22(10-14)16-8-15(18)6-5-13(16)9-19/h5-6,8,11-12,14H,3-4,7,10H2,1-2H3. The van der Waals surface area contributed by atoms with Gasteiger partial charge in [0.05, 0.1) is 11.3 Å². The maximum atomic E-state index is 9.36. The van der Waals surface area contributed by atoms with Gasteiger partial charge in [0.1, 0.15) is 18.2 Å². The molecule has 0 spiro atoms. The number of nitrogens with zero attached hydrogens (tertiary/aromatic N) is 5. The van der Waals surface area contributed by atoms with E-state index in [1.54, 1.807) is 18.5 Å². The molecule has 0 N–H and O–H groups in total. The summed E-state index contributed by atoms with van der Waals surface area (Å²) < 4.78 is 2.14. The van der Waals surface area contributed by atoms with Crippen molar-refractivity contribution in [3.05, 3.63) is 40.9 Å². The van der Waals surface area contributed by atoms with Gasteiger partial charge in [-0.25, -0.2) is 0 Å². The van der Waals surface area contributed by atoms with Crippen molar-refractivity contribution >= 4 is 17.3 Å². The maximum absolute atomic E-state index is 9.36. The van der Waals surface area contributed by atoms with E-state index < -0.39 is 0 Å². The van der Waals surface area contributed by atoms with E-state index in [-0.39, 0.29) is 0 Å². The molecule has 3 rings (SSSR count). The van der Waals surface area contributed by atoms with E-state index >= 15 is 0 Å². The third-order valence-electron chi connectivity index (χ3n) is 4.36. The molecular formula is C17H20ClN5. The summed E-state index contributed by atoms with van der Waals surface area (Å²) in [6.45, 7) is 6.04. The second kappa shape index (κ2) is 6.59. The van der Waals surface area contributed by atoms with Crippen molar-refractivity contribution in [3.8, 4) is 6.07 Å². The van der Waals surface area contributed by atoms with Crippen molar-refractivity contribution < 1.29 is 0 Å². The van der Waals surface area contributed by atoms with Gasteiger partial charge in [-0.3, -0.25) is 0 Å². The van der Waals surface area contributed by atoms with Gasteiger partial charge in [0.2, 0.25) is 0 Å². The zero-order chi connectivity index (χ0) is 16.4. The molecule has 1 fully saturated rings. The highest BCUT2D eigenvalue weighted by Gasteiger charge is 2.27. The summed E-state index contributed by atoms with van der Waals surface area (Å²) in [7, 11) is 0. The molecule has 23 heavy (non-hydrogen) atoms. The molecule has 1 aromatic heterocycles. The molecule has 0 saturated carbocycles. The molecule has 1 saturated heterocycles. The average Bonchev–Trinajstić information content (AvgIpc) is 3.05. The van der Waals surface area contributed by atoms with Crippen molar-refractivity contribution in [3.63, 3.8) is 0 Å². The zero-order valence-electron chi connectivity index (χ0n) is 13.4. The van der Waals surface area contributed by atoms with E-state index in [2.05, 4.69) is 39.6 Å². The zero-order valence-corrected chi connectivity index (χ0v) is 14.2. The SMILES string of the molecule is CC(C)n1cnnc1C1CCCN(c2cc(Cl)ccc2C#N)C1. The normalized spacial score (nSPS) is 18.2. The van der Waals surface area contributed by atoms with Crippen molar-refractivity contribution in [2.45, 2.75) is 38.6 Å². The molecular weight excluding hydrogens is 310 g/mol. The highest BCUT2D eigenvalue weighted by molar-refractivity contribution is 6.30. The van der Waals surface area contributed by atoms with Gasteiger partial charge in [0, 0.05) is 30.1 Å². The molecule has 0 radical (unpaired) electrons. The Hall–Kier alpha value is -2.06. The summed E-state index contributed by atoms with van der Waals surface area (Å²) in [5.74, 6) is 1.35. The van der Waals surface area contributed by atoms with Crippen LogP contribution in [0.5, 0.6) is 0 Å². The van der Waals surface area contributed by atoms with E-state index in [0.717, 1.165) is 37.4 Å². The van der Waals surface area contributed by atoms with Crippen LogP contribution in [0.1, 0.15) is 50.0 Å². The fourth-order valence-electron chi connectivity index (χ4n) is 3.21. The van der Waals surface area contributed by atoms with Gasteiger partial charge in [-0.1, -0.05) is 11.6 Å². The Morgan fingerprint density at radius 2 is 2.22 bits per heavy atom. The quantitative estimate of drug-likeness (QED) is 0.860.